The van der Waals surface area contributed by atoms with Crippen LogP contribution in [0.15, 0.2) is 24.3 Å². The number of carboxylic acid groups (broad SMARTS) is 1. The standard InChI is InChI=1S/C16H21NO4/c1-11-5-7-12(8-6-11)13(18)9-10-14(19)17(4)16(2,3)15(20)21/h5-8H,9-10H2,1-4H3,(H,20,21). The number of rotatable bonds is 6. The number of amides is 1. The first kappa shape index (κ1) is 16.9. The molecular weight excluding hydrogens is 270 g/mol. The van der Waals surface area contributed by atoms with Crippen LogP contribution in [0.25, 0.3) is 0 Å². The minimum absolute atomic E-state index is 0.0000796. The molecule has 0 unspecified atom stereocenters. The van der Waals surface area contributed by atoms with E-state index in [1.54, 1.807) is 12.1 Å². The lowest BCUT2D eigenvalue weighted by atomic mass is 10.0. The summed E-state index contributed by atoms with van der Waals surface area (Å²) in [7, 11) is 1.44. The maximum Gasteiger partial charge on any atom is 0.329 e. The van der Waals surface area contributed by atoms with E-state index in [9.17, 15) is 14.4 Å². The van der Waals surface area contributed by atoms with Crippen LogP contribution in [0, 0.1) is 6.92 Å². The molecule has 1 aromatic carbocycles. The molecule has 1 amide bonds. The smallest absolute Gasteiger partial charge is 0.329 e. The van der Waals surface area contributed by atoms with Gasteiger partial charge in [0.2, 0.25) is 5.91 Å². The van der Waals surface area contributed by atoms with Crippen LogP contribution in [0.5, 0.6) is 0 Å². The average molecular weight is 291 g/mol. The van der Waals surface area contributed by atoms with Gasteiger partial charge in [-0.25, -0.2) is 4.79 Å². The Morgan fingerprint density at radius 1 is 1.10 bits per heavy atom. The summed E-state index contributed by atoms with van der Waals surface area (Å²) in [6.07, 6.45) is 0.0713. The number of aryl methyl sites for hydroxylation is 1. The Morgan fingerprint density at radius 2 is 1.62 bits per heavy atom. The van der Waals surface area contributed by atoms with Crippen LogP contribution in [0.3, 0.4) is 0 Å². The van der Waals surface area contributed by atoms with Gasteiger partial charge in [0, 0.05) is 25.5 Å². The summed E-state index contributed by atoms with van der Waals surface area (Å²) >= 11 is 0. The van der Waals surface area contributed by atoms with Crippen LogP contribution in [-0.2, 0) is 9.59 Å². The summed E-state index contributed by atoms with van der Waals surface area (Å²) in [6.45, 7) is 4.84. The lowest BCUT2D eigenvalue weighted by Gasteiger charge is -2.31. The molecule has 0 bridgehead atoms. The Balaban J connectivity index is 2.62. The molecule has 0 spiro atoms. The van der Waals surface area contributed by atoms with Gasteiger partial charge < -0.3 is 10.0 Å². The Kier molecular flexibility index (Phi) is 5.24. The van der Waals surface area contributed by atoms with Crippen LogP contribution in [-0.4, -0.2) is 40.3 Å². The Bertz CT molecular complexity index is 546. The fourth-order valence-electron chi connectivity index (χ4n) is 1.73. The predicted molar refractivity (Wildman–Crippen MR) is 79.2 cm³/mol. The van der Waals surface area contributed by atoms with E-state index < -0.39 is 11.5 Å². The molecule has 1 aromatic rings. The largest absolute Gasteiger partial charge is 0.480 e. The van der Waals surface area contributed by atoms with E-state index in [1.165, 1.54) is 20.9 Å². The quantitative estimate of drug-likeness (QED) is 0.816. The van der Waals surface area contributed by atoms with Crippen LogP contribution in [0.1, 0.15) is 42.6 Å². The number of likely N-dealkylation sites (N-methyl/N-ethyl adjacent to an activating group) is 1. The molecular formula is C16H21NO4. The van der Waals surface area contributed by atoms with Gasteiger partial charge in [-0.1, -0.05) is 29.8 Å². The van der Waals surface area contributed by atoms with Gasteiger partial charge in [-0.2, -0.15) is 0 Å². The number of hydrogen-bond acceptors (Lipinski definition) is 3. The summed E-state index contributed by atoms with van der Waals surface area (Å²) in [6, 6.07) is 7.14. The van der Waals surface area contributed by atoms with Crippen molar-refractivity contribution in [2.75, 3.05) is 7.05 Å². The number of carbonyl (C=O) groups is 3. The molecule has 1 rings (SSSR count). The van der Waals surface area contributed by atoms with E-state index in [4.69, 9.17) is 5.11 Å². The highest BCUT2D eigenvalue weighted by atomic mass is 16.4. The summed E-state index contributed by atoms with van der Waals surface area (Å²) in [5, 5.41) is 9.08. The zero-order valence-corrected chi connectivity index (χ0v) is 12.8. The van der Waals surface area contributed by atoms with Crippen molar-refractivity contribution >= 4 is 17.7 Å². The van der Waals surface area contributed by atoms with Crippen molar-refractivity contribution in [1.82, 2.24) is 4.90 Å². The second-order valence-corrected chi connectivity index (χ2v) is 5.61. The fraction of sp³-hybridized carbons (Fsp3) is 0.438. The van der Waals surface area contributed by atoms with Gasteiger partial charge in [-0.15, -0.1) is 0 Å². The summed E-state index contributed by atoms with van der Waals surface area (Å²) < 4.78 is 0. The number of nitrogens with zero attached hydrogens (tertiary/aromatic N) is 1. The molecule has 21 heavy (non-hydrogen) atoms. The minimum Gasteiger partial charge on any atom is -0.480 e. The summed E-state index contributed by atoms with van der Waals surface area (Å²) in [4.78, 5) is 36.2. The molecule has 0 saturated carbocycles. The van der Waals surface area contributed by atoms with E-state index in [0.717, 1.165) is 10.5 Å². The normalized spacial score (nSPS) is 11.0. The highest BCUT2D eigenvalue weighted by Gasteiger charge is 2.34. The molecule has 0 heterocycles. The van der Waals surface area contributed by atoms with Crippen LogP contribution < -0.4 is 0 Å². The second kappa shape index (κ2) is 6.52. The predicted octanol–water partition coefficient (Wildman–Crippen LogP) is 2.28. The van der Waals surface area contributed by atoms with E-state index in [2.05, 4.69) is 0 Å². The molecule has 0 radical (unpaired) electrons. The van der Waals surface area contributed by atoms with Crippen molar-refractivity contribution in [3.05, 3.63) is 35.4 Å². The molecule has 5 nitrogen and oxygen atoms in total. The molecule has 0 aliphatic carbocycles. The molecule has 0 aliphatic rings. The van der Waals surface area contributed by atoms with Gasteiger partial charge >= 0.3 is 5.97 Å². The van der Waals surface area contributed by atoms with Gasteiger partial charge in [-0.3, -0.25) is 9.59 Å². The molecule has 5 heteroatoms. The van der Waals surface area contributed by atoms with Crippen molar-refractivity contribution in [2.45, 2.75) is 39.2 Å². The van der Waals surface area contributed by atoms with E-state index in [1.807, 2.05) is 19.1 Å². The van der Waals surface area contributed by atoms with Crippen molar-refractivity contribution in [1.29, 1.82) is 0 Å². The first-order chi connectivity index (χ1) is 9.66. The first-order valence-corrected chi connectivity index (χ1v) is 6.76. The van der Waals surface area contributed by atoms with Crippen LogP contribution in [0.2, 0.25) is 0 Å². The van der Waals surface area contributed by atoms with Gasteiger partial charge in [0.25, 0.3) is 0 Å². The third-order valence-corrected chi connectivity index (χ3v) is 3.68. The zero-order valence-electron chi connectivity index (χ0n) is 12.8. The minimum atomic E-state index is -1.29. The monoisotopic (exact) mass is 291 g/mol. The Morgan fingerprint density at radius 3 is 2.10 bits per heavy atom. The van der Waals surface area contributed by atoms with Crippen molar-refractivity contribution in [3.63, 3.8) is 0 Å². The molecule has 0 aliphatic heterocycles. The number of ketones is 1. The topological polar surface area (TPSA) is 74.7 Å². The molecule has 0 saturated heterocycles. The van der Waals surface area contributed by atoms with Gasteiger partial charge in [0.05, 0.1) is 0 Å². The third kappa shape index (κ3) is 4.15. The Hall–Kier alpha value is -2.17. The van der Waals surface area contributed by atoms with Gasteiger partial charge in [0.1, 0.15) is 5.54 Å². The highest BCUT2D eigenvalue weighted by Crippen LogP contribution is 2.15. The van der Waals surface area contributed by atoms with Crippen molar-refractivity contribution < 1.29 is 19.5 Å². The SMILES string of the molecule is Cc1ccc(C(=O)CCC(=O)N(C)C(C)(C)C(=O)O)cc1. The number of carbonyl (C=O) groups excluding carboxylic acids is 2. The van der Waals surface area contributed by atoms with Gasteiger partial charge in [-0.05, 0) is 20.8 Å². The molecule has 0 atom stereocenters. The van der Waals surface area contributed by atoms with Crippen molar-refractivity contribution in [2.24, 2.45) is 0 Å². The Labute approximate surface area is 124 Å². The molecule has 0 aromatic heterocycles. The van der Waals surface area contributed by atoms with E-state index in [-0.39, 0.29) is 24.5 Å². The average Bonchev–Trinajstić information content (AvgIpc) is 2.44. The summed E-state index contributed by atoms with van der Waals surface area (Å²) in [5.74, 6) is -1.56. The molecule has 1 N–H and O–H groups in total. The fourth-order valence-corrected chi connectivity index (χ4v) is 1.73. The second-order valence-electron chi connectivity index (χ2n) is 5.61. The first-order valence-electron chi connectivity index (χ1n) is 6.76. The lowest BCUT2D eigenvalue weighted by molar-refractivity contribution is -0.155. The maximum absolute atomic E-state index is 12.0. The third-order valence-electron chi connectivity index (χ3n) is 3.68. The summed E-state index contributed by atoms with van der Waals surface area (Å²) in [5.41, 5.74) is 0.336. The van der Waals surface area contributed by atoms with Crippen molar-refractivity contribution in [3.8, 4) is 0 Å². The molecule has 0 fully saturated rings. The van der Waals surface area contributed by atoms with Crippen LogP contribution >= 0.6 is 0 Å². The number of benzene rings is 1. The maximum atomic E-state index is 12.0. The highest BCUT2D eigenvalue weighted by molar-refractivity contribution is 5.98. The van der Waals surface area contributed by atoms with E-state index >= 15 is 0 Å². The lowest BCUT2D eigenvalue weighted by Crippen LogP contribution is -2.50. The molecule has 114 valence electrons. The number of carboxylic acids is 1. The number of aliphatic carboxylic acids is 1. The van der Waals surface area contributed by atoms with Gasteiger partial charge in [0.15, 0.2) is 5.78 Å². The number of Topliss-reactive ketones (excluding diaryl/α,β-unsaturated/α-hetero) is 1. The van der Waals surface area contributed by atoms with Crippen LogP contribution in [0.4, 0.5) is 0 Å². The zero-order chi connectivity index (χ0) is 16.2. The number of hydrogen-bond donors (Lipinski definition) is 1. The van der Waals surface area contributed by atoms with E-state index in [0.29, 0.717) is 5.56 Å².